The lowest BCUT2D eigenvalue weighted by Crippen LogP contribution is -2.13. The second kappa shape index (κ2) is 9.07. The second-order valence-electron chi connectivity index (χ2n) is 6.65. The summed E-state index contributed by atoms with van der Waals surface area (Å²) in [5, 5.41) is 0. The molecule has 2 rings (SSSR count). The maximum absolute atomic E-state index is 12.1. The van der Waals surface area contributed by atoms with Crippen molar-refractivity contribution in [1.29, 1.82) is 0 Å². The molecule has 0 heterocycles. The molecule has 1 saturated carbocycles. The Hall–Kier alpha value is -1.18. The molecule has 0 N–H and O–H groups in total. The molecule has 1 aromatic rings. The summed E-state index contributed by atoms with van der Waals surface area (Å²) in [7, 11) is 0. The van der Waals surface area contributed by atoms with Gasteiger partial charge in [0, 0.05) is 0 Å². The van der Waals surface area contributed by atoms with Crippen LogP contribution in [0, 0.1) is 5.92 Å². The first-order valence-electron chi connectivity index (χ1n) is 8.79. The normalized spacial score (nSPS) is 21.6. The number of hydrogen-bond acceptors (Lipinski definition) is 0. The van der Waals surface area contributed by atoms with Crippen LogP contribution in [-0.4, -0.2) is 0 Å². The molecule has 122 valence electrons. The molecule has 0 atom stereocenters. The monoisotopic (exact) mass is 306 g/mol. The lowest BCUT2D eigenvalue weighted by atomic mass is 9.77. The van der Waals surface area contributed by atoms with Gasteiger partial charge >= 0.3 is 0 Å². The summed E-state index contributed by atoms with van der Waals surface area (Å²) in [6.07, 6.45) is 10.5. The van der Waals surface area contributed by atoms with E-state index in [-0.39, 0.29) is 0 Å². The van der Waals surface area contributed by atoms with Crippen molar-refractivity contribution < 1.29 is 8.78 Å². The minimum atomic E-state index is -1.59. The van der Waals surface area contributed by atoms with Gasteiger partial charge in [0.05, 0.1) is 0 Å². The van der Waals surface area contributed by atoms with Crippen molar-refractivity contribution in [2.24, 2.45) is 5.92 Å². The van der Waals surface area contributed by atoms with Gasteiger partial charge in [0.15, 0.2) is 0 Å². The fourth-order valence-electron chi connectivity index (χ4n) is 3.59. The Morgan fingerprint density at radius 2 is 1.73 bits per heavy atom. The van der Waals surface area contributed by atoms with Crippen molar-refractivity contribution in [3.63, 3.8) is 0 Å². The predicted molar refractivity (Wildman–Crippen MR) is 89.3 cm³/mol. The highest BCUT2D eigenvalue weighted by atomic mass is 19.3. The van der Waals surface area contributed by atoms with Crippen LogP contribution >= 0.6 is 0 Å². The largest absolute Gasteiger partial charge is 0.266 e. The zero-order valence-corrected chi connectivity index (χ0v) is 13.7. The average Bonchev–Trinajstić information content (AvgIpc) is 2.54. The molecule has 1 fully saturated rings. The summed E-state index contributed by atoms with van der Waals surface area (Å²) in [6, 6.07) is 8.28. The van der Waals surface area contributed by atoms with Crippen molar-refractivity contribution in [1.82, 2.24) is 0 Å². The number of unbranched alkanes of at least 4 members (excludes halogenated alkanes) is 2. The Morgan fingerprint density at radius 1 is 1.05 bits per heavy atom. The third-order valence-corrected chi connectivity index (χ3v) is 5.01. The van der Waals surface area contributed by atoms with Gasteiger partial charge in [-0.15, -0.1) is 0 Å². The van der Waals surface area contributed by atoms with Crippen molar-refractivity contribution in [3.8, 4) is 0 Å². The van der Waals surface area contributed by atoms with Gasteiger partial charge in [-0.25, -0.2) is 0 Å². The molecule has 1 aliphatic carbocycles. The van der Waals surface area contributed by atoms with Gasteiger partial charge in [-0.05, 0) is 61.1 Å². The van der Waals surface area contributed by atoms with Crippen LogP contribution in [0.2, 0.25) is 0 Å². The fraction of sp³-hybridized carbons (Fsp3) is 0.600. The van der Waals surface area contributed by atoms with Gasteiger partial charge in [0.2, 0.25) is 0 Å². The van der Waals surface area contributed by atoms with Crippen molar-refractivity contribution in [2.45, 2.75) is 70.6 Å². The Bertz CT molecular complexity index is 449. The summed E-state index contributed by atoms with van der Waals surface area (Å²) in [6.45, 7) is 2.26. The van der Waals surface area contributed by atoms with E-state index in [0.717, 1.165) is 17.6 Å². The fourth-order valence-corrected chi connectivity index (χ4v) is 3.59. The van der Waals surface area contributed by atoms with Gasteiger partial charge in [0.25, 0.3) is 6.08 Å². The molecule has 1 aliphatic rings. The van der Waals surface area contributed by atoms with Crippen LogP contribution in [0.5, 0.6) is 0 Å². The van der Waals surface area contributed by atoms with Crippen LogP contribution in [0.4, 0.5) is 8.78 Å². The second-order valence-corrected chi connectivity index (χ2v) is 6.65. The van der Waals surface area contributed by atoms with E-state index in [9.17, 15) is 8.78 Å². The minimum Gasteiger partial charge on any atom is -0.174 e. The molecule has 22 heavy (non-hydrogen) atoms. The van der Waals surface area contributed by atoms with Crippen LogP contribution in [-0.2, 0) is 6.42 Å². The maximum Gasteiger partial charge on any atom is 0.266 e. The number of hydrogen-bond donors (Lipinski definition) is 0. The van der Waals surface area contributed by atoms with Gasteiger partial charge in [-0.2, -0.15) is 8.78 Å². The Labute approximate surface area is 133 Å². The summed E-state index contributed by atoms with van der Waals surface area (Å²) in [5.41, 5.74) is 2.35. The lowest BCUT2D eigenvalue weighted by molar-refractivity contribution is 0.303. The summed E-state index contributed by atoms with van der Waals surface area (Å²) in [5.74, 6) is 1.60. The van der Waals surface area contributed by atoms with E-state index >= 15 is 0 Å². The molecular weight excluding hydrogens is 278 g/mol. The highest BCUT2D eigenvalue weighted by Crippen LogP contribution is 2.37. The Morgan fingerprint density at radius 3 is 2.32 bits per heavy atom. The van der Waals surface area contributed by atoms with E-state index in [1.165, 1.54) is 56.9 Å². The van der Waals surface area contributed by atoms with E-state index in [2.05, 4.69) is 19.1 Å². The first-order chi connectivity index (χ1) is 10.7. The molecule has 0 aromatic heterocycles. The molecular formula is C20H28F2. The standard InChI is InChI=1S/C20H28F2/c1-2-3-4-5-16-6-11-18(12-7-16)19-13-8-17(9-14-19)10-15-20(21)22/h8-9,13-16,18H,2-7,10-12H2,1H3. The van der Waals surface area contributed by atoms with Crippen LogP contribution < -0.4 is 0 Å². The van der Waals surface area contributed by atoms with Crippen molar-refractivity contribution in [2.75, 3.05) is 0 Å². The highest BCUT2D eigenvalue weighted by molar-refractivity contribution is 5.27. The third kappa shape index (κ3) is 5.55. The van der Waals surface area contributed by atoms with Crippen LogP contribution in [0.25, 0.3) is 0 Å². The zero-order valence-electron chi connectivity index (χ0n) is 13.7. The minimum absolute atomic E-state index is 0.326. The molecule has 0 nitrogen and oxygen atoms in total. The maximum atomic E-state index is 12.1. The molecule has 1 aromatic carbocycles. The zero-order chi connectivity index (χ0) is 15.8. The molecule has 0 amide bonds. The Kier molecular flexibility index (Phi) is 7.08. The summed E-state index contributed by atoms with van der Waals surface area (Å²) >= 11 is 0. The first kappa shape index (κ1) is 17.2. The first-order valence-corrected chi connectivity index (χ1v) is 8.79. The third-order valence-electron chi connectivity index (χ3n) is 5.01. The summed E-state index contributed by atoms with van der Waals surface area (Å²) < 4.78 is 24.2. The number of halogens is 2. The molecule has 0 saturated heterocycles. The van der Waals surface area contributed by atoms with Crippen molar-refractivity contribution >= 4 is 0 Å². The highest BCUT2D eigenvalue weighted by Gasteiger charge is 2.21. The quantitative estimate of drug-likeness (QED) is 0.482. The number of rotatable bonds is 7. The average molecular weight is 306 g/mol. The van der Waals surface area contributed by atoms with E-state index in [1.54, 1.807) is 0 Å². The number of allylic oxidation sites excluding steroid dienone is 1. The van der Waals surface area contributed by atoms with Crippen molar-refractivity contribution in [3.05, 3.63) is 47.5 Å². The van der Waals surface area contributed by atoms with Gasteiger partial charge in [-0.1, -0.05) is 56.9 Å². The van der Waals surface area contributed by atoms with E-state index < -0.39 is 6.08 Å². The smallest absolute Gasteiger partial charge is 0.174 e. The predicted octanol–water partition coefficient (Wildman–Crippen LogP) is 6.86. The topological polar surface area (TPSA) is 0 Å². The molecule has 0 unspecified atom stereocenters. The molecule has 0 radical (unpaired) electrons. The van der Waals surface area contributed by atoms with Gasteiger partial charge in [-0.3, -0.25) is 0 Å². The SMILES string of the molecule is CCCCCC1CCC(c2ccc(CC=C(F)F)cc2)CC1. The Balaban J connectivity index is 1.80. The molecule has 2 heteroatoms. The van der Waals surface area contributed by atoms with Crippen LogP contribution in [0.15, 0.2) is 36.4 Å². The molecule has 0 bridgehead atoms. The van der Waals surface area contributed by atoms with E-state index in [4.69, 9.17) is 0 Å². The molecule has 0 aliphatic heterocycles. The summed E-state index contributed by atoms with van der Waals surface area (Å²) in [4.78, 5) is 0. The number of benzene rings is 1. The van der Waals surface area contributed by atoms with Crippen LogP contribution in [0.3, 0.4) is 0 Å². The van der Waals surface area contributed by atoms with Crippen LogP contribution in [0.1, 0.15) is 75.3 Å². The molecule has 0 spiro atoms. The van der Waals surface area contributed by atoms with E-state index in [1.807, 2.05) is 12.1 Å². The lowest BCUT2D eigenvalue weighted by Gasteiger charge is -2.29. The van der Waals surface area contributed by atoms with E-state index in [0.29, 0.717) is 12.3 Å². The van der Waals surface area contributed by atoms with Gasteiger partial charge < -0.3 is 0 Å². The van der Waals surface area contributed by atoms with Gasteiger partial charge in [0.1, 0.15) is 0 Å².